The van der Waals surface area contributed by atoms with Gasteiger partial charge in [-0.1, -0.05) is 17.7 Å². The summed E-state index contributed by atoms with van der Waals surface area (Å²) in [7, 11) is 0. The molecule has 3 heterocycles. The van der Waals surface area contributed by atoms with Crippen LogP contribution in [0.5, 0.6) is 0 Å². The molecule has 3 rings (SSSR count). The fraction of sp³-hybridized carbons (Fsp3) is 0.0833. The van der Waals surface area contributed by atoms with Gasteiger partial charge in [0.2, 0.25) is 0 Å². The smallest absolute Gasteiger partial charge is 0.183 e. The number of rotatable bonds is 2. The van der Waals surface area contributed by atoms with Gasteiger partial charge in [0.25, 0.3) is 0 Å². The van der Waals surface area contributed by atoms with Crippen molar-refractivity contribution in [3.8, 4) is 5.82 Å². The molecule has 0 bridgehead atoms. The van der Waals surface area contributed by atoms with Crippen LogP contribution in [0, 0.1) is 6.92 Å². The third-order valence-corrected chi connectivity index (χ3v) is 3.09. The summed E-state index contributed by atoms with van der Waals surface area (Å²) in [5.74, 6) is 0.478. The zero-order valence-corrected chi connectivity index (χ0v) is 10.3. The molecule has 0 aromatic carbocycles. The van der Waals surface area contributed by atoms with Gasteiger partial charge in [-0.3, -0.25) is 9.20 Å². The van der Waals surface area contributed by atoms with E-state index in [1.54, 1.807) is 23.7 Å². The largest absolute Gasteiger partial charge is 0.296 e. The quantitative estimate of drug-likeness (QED) is 0.665. The van der Waals surface area contributed by atoms with E-state index in [1.165, 1.54) is 4.68 Å². The second kappa shape index (κ2) is 3.96. The molecule has 6 heteroatoms. The summed E-state index contributed by atoms with van der Waals surface area (Å²) in [6, 6.07) is 5.53. The first kappa shape index (κ1) is 11.0. The highest BCUT2D eigenvalue weighted by Gasteiger charge is 2.14. The number of aromatic nitrogens is 4. The van der Waals surface area contributed by atoms with E-state index >= 15 is 0 Å². The van der Waals surface area contributed by atoms with Crippen molar-refractivity contribution in [1.29, 1.82) is 0 Å². The van der Waals surface area contributed by atoms with Crippen molar-refractivity contribution in [2.75, 3.05) is 0 Å². The van der Waals surface area contributed by atoms with Gasteiger partial charge in [0.15, 0.2) is 12.1 Å². The lowest BCUT2D eigenvalue weighted by molar-refractivity contribution is 0.111. The summed E-state index contributed by atoms with van der Waals surface area (Å²) in [5.41, 5.74) is 1.84. The Hall–Kier alpha value is -2.14. The summed E-state index contributed by atoms with van der Waals surface area (Å²) in [4.78, 5) is 15.6. The van der Waals surface area contributed by atoms with Crippen molar-refractivity contribution in [3.63, 3.8) is 0 Å². The molecule has 0 aliphatic rings. The molecular weight excluding hydrogens is 252 g/mol. The van der Waals surface area contributed by atoms with E-state index in [4.69, 9.17) is 11.6 Å². The van der Waals surface area contributed by atoms with Crippen LogP contribution in [-0.2, 0) is 0 Å². The van der Waals surface area contributed by atoms with E-state index in [9.17, 15) is 4.79 Å². The average Bonchev–Trinajstić information content (AvgIpc) is 2.90. The lowest BCUT2D eigenvalue weighted by Crippen LogP contribution is -2.00. The van der Waals surface area contributed by atoms with Crippen LogP contribution in [0.4, 0.5) is 0 Å². The number of hydrogen-bond donors (Lipinski definition) is 0. The zero-order valence-electron chi connectivity index (χ0n) is 9.54. The highest BCUT2D eigenvalue weighted by atomic mass is 35.5. The van der Waals surface area contributed by atoms with Gasteiger partial charge >= 0.3 is 0 Å². The van der Waals surface area contributed by atoms with E-state index < -0.39 is 0 Å². The third kappa shape index (κ3) is 1.52. The van der Waals surface area contributed by atoms with Gasteiger partial charge in [-0.2, -0.15) is 5.10 Å². The van der Waals surface area contributed by atoms with Crippen LogP contribution in [0.3, 0.4) is 0 Å². The van der Waals surface area contributed by atoms with E-state index in [0.717, 1.165) is 6.29 Å². The molecule has 90 valence electrons. The fourth-order valence-electron chi connectivity index (χ4n) is 1.83. The normalized spacial score (nSPS) is 11.0. The molecule has 18 heavy (non-hydrogen) atoms. The molecule has 3 aromatic heterocycles. The van der Waals surface area contributed by atoms with Crippen molar-refractivity contribution in [1.82, 2.24) is 19.2 Å². The molecule has 0 saturated heterocycles. The highest BCUT2D eigenvalue weighted by Crippen LogP contribution is 2.19. The first-order valence-corrected chi connectivity index (χ1v) is 5.73. The summed E-state index contributed by atoms with van der Waals surface area (Å²) in [5, 5.41) is 4.78. The maximum absolute atomic E-state index is 11.2. The van der Waals surface area contributed by atoms with E-state index in [-0.39, 0.29) is 0 Å². The second-order valence-corrected chi connectivity index (χ2v) is 4.28. The summed E-state index contributed by atoms with van der Waals surface area (Å²) in [6.45, 7) is 1.80. The van der Waals surface area contributed by atoms with Gasteiger partial charge in [0.05, 0.1) is 16.9 Å². The number of fused-ring (bicyclic) bond motifs is 1. The number of carbonyl (C=O) groups is 1. The Bertz CT molecular complexity index is 724. The Morgan fingerprint density at radius 1 is 1.39 bits per heavy atom. The lowest BCUT2D eigenvalue weighted by atomic mass is 10.4. The van der Waals surface area contributed by atoms with Crippen molar-refractivity contribution in [3.05, 3.63) is 47.0 Å². The molecule has 0 fully saturated rings. The third-order valence-electron chi connectivity index (χ3n) is 2.72. The molecule has 0 saturated carbocycles. The van der Waals surface area contributed by atoms with Gasteiger partial charge in [0.1, 0.15) is 11.3 Å². The lowest BCUT2D eigenvalue weighted by Gasteiger charge is -1.96. The molecule has 0 aliphatic carbocycles. The standard InChI is InChI=1S/C12H9ClN4O/c1-8-9(13)6-17(15-8)12-10(7-18)16-5-3-2-4-11(16)14-12/h2-7H,1H3. The Morgan fingerprint density at radius 2 is 2.22 bits per heavy atom. The van der Waals surface area contributed by atoms with Crippen LogP contribution in [0.25, 0.3) is 11.5 Å². The molecule has 0 amide bonds. The van der Waals surface area contributed by atoms with Crippen molar-refractivity contribution in [2.24, 2.45) is 0 Å². The second-order valence-electron chi connectivity index (χ2n) is 3.87. The van der Waals surface area contributed by atoms with Crippen LogP contribution in [0.2, 0.25) is 5.02 Å². The number of carbonyl (C=O) groups excluding carboxylic acids is 1. The number of pyridine rings is 1. The molecule has 0 N–H and O–H groups in total. The van der Waals surface area contributed by atoms with Crippen molar-refractivity contribution < 1.29 is 4.79 Å². The van der Waals surface area contributed by atoms with Crippen LogP contribution >= 0.6 is 11.6 Å². The molecule has 0 radical (unpaired) electrons. The zero-order chi connectivity index (χ0) is 12.7. The Labute approximate surface area is 108 Å². The Balaban J connectivity index is 2.31. The average molecular weight is 261 g/mol. The van der Waals surface area contributed by atoms with E-state index in [0.29, 0.717) is 27.9 Å². The number of halogens is 1. The van der Waals surface area contributed by atoms with Crippen molar-refractivity contribution >= 4 is 23.5 Å². The molecular formula is C12H9ClN4O. The first-order chi connectivity index (χ1) is 8.70. The number of hydrogen-bond acceptors (Lipinski definition) is 3. The minimum atomic E-state index is 0.449. The first-order valence-electron chi connectivity index (χ1n) is 5.35. The summed E-state index contributed by atoms with van der Waals surface area (Å²) < 4.78 is 3.24. The number of nitrogens with zero attached hydrogens (tertiary/aromatic N) is 4. The van der Waals surface area contributed by atoms with Crippen LogP contribution in [-0.4, -0.2) is 25.5 Å². The summed E-state index contributed by atoms with van der Waals surface area (Å²) in [6.07, 6.45) is 4.19. The molecule has 0 unspecified atom stereocenters. The molecule has 3 aromatic rings. The van der Waals surface area contributed by atoms with Crippen LogP contribution in [0.1, 0.15) is 16.2 Å². The minimum Gasteiger partial charge on any atom is -0.296 e. The van der Waals surface area contributed by atoms with Crippen LogP contribution in [0.15, 0.2) is 30.6 Å². The van der Waals surface area contributed by atoms with Gasteiger partial charge in [0, 0.05) is 6.20 Å². The monoisotopic (exact) mass is 260 g/mol. The number of imidazole rings is 1. The topological polar surface area (TPSA) is 52.2 Å². The predicted molar refractivity (Wildman–Crippen MR) is 67.4 cm³/mol. The molecule has 5 nitrogen and oxygen atoms in total. The Morgan fingerprint density at radius 3 is 2.89 bits per heavy atom. The SMILES string of the molecule is Cc1nn(-c2nc3ccccn3c2C=O)cc1Cl. The minimum absolute atomic E-state index is 0.449. The maximum atomic E-state index is 11.2. The Kier molecular flexibility index (Phi) is 2.41. The number of aldehydes is 1. The molecule has 0 spiro atoms. The van der Waals surface area contributed by atoms with Gasteiger partial charge < -0.3 is 0 Å². The van der Waals surface area contributed by atoms with Gasteiger partial charge in [-0.25, -0.2) is 9.67 Å². The van der Waals surface area contributed by atoms with E-state index in [1.807, 2.05) is 18.2 Å². The summed E-state index contributed by atoms with van der Waals surface area (Å²) >= 11 is 5.97. The maximum Gasteiger partial charge on any atom is 0.183 e. The highest BCUT2D eigenvalue weighted by molar-refractivity contribution is 6.31. The predicted octanol–water partition coefficient (Wildman–Crippen LogP) is 2.29. The van der Waals surface area contributed by atoms with Gasteiger partial charge in [-0.05, 0) is 19.1 Å². The van der Waals surface area contributed by atoms with E-state index in [2.05, 4.69) is 10.1 Å². The number of aryl methyl sites for hydroxylation is 1. The molecule has 0 atom stereocenters. The van der Waals surface area contributed by atoms with Crippen LogP contribution < -0.4 is 0 Å². The molecule has 0 aliphatic heterocycles. The van der Waals surface area contributed by atoms with Crippen molar-refractivity contribution in [2.45, 2.75) is 6.92 Å². The van der Waals surface area contributed by atoms with Gasteiger partial charge in [-0.15, -0.1) is 0 Å². The fourth-order valence-corrected chi connectivity index (χ4v) is 1.96.